The second kappa shape index (κ2) is 15.1. The zero-order valence-corrected chi connectivity index (χ0v) is 25.5. The Morgan fingerprint density at radius 1 is 0.857 bits per heavy atom. The highest BCUT2D eigenvalue weighted by atomic mass is 32.2. The number of rotatable bonds is 15. The van der Waals surface area contributed by atoms with Crippen molar-refractivity contribution >= 4 is 27.5 Å². The van der Waals surface area contributed by atoms with E-state index in [4.69, 9.17) is 14.2 Å². The fraction of sp³-hybridized carbons (Fsp3) is 0.355. The van der Waals surface area contributed by atoms with Crippen LogP contribution in [0.1, 0.15) is 32.3 Å². The molecule has 0 heterocycles. The predicted molar refractivity (Wildman–Crippen MR) is 161 cm³/mol. The Morgan fingerprint density at radius 3 is 2.07 bits per heavy atom. The van der Waals surface area contributed by atoms with Crippen LogP contribution in [-0.4, -0.2) is 65.6 Å². The molecule has 0 saturated heterocycles. The summed E-state index contributed by atoms with van der Waals surface area (Å²) < 4.78 is 45.3. The molecule has 0 fully saturated rings. The van der Waals surface area contributed by atoms with Gasteiger partial charge in [-0.3, -0.25) is 13.9 Å². The van der Waals surface area contributed by atoms with E-state index in [0.717, 1.165) is 16.3 Å². The first kappa shape index (κ1) is 32.3. The van der Waals surface area contributed by atoms with Crippen molar-refractivity contribution in [3.8, 4) is 17.2 Å². The Bertz CT molecular complexity index is 1430. The molecule has 3 aromatic carbocycles. The van der Waals surface area contributed by atoms with E-state index in [1.807, 2.05) is 13.8 Å². The molecule has 3 rings (SSSR count). The highest BCUT2D eigenvalue weighted by Crippen LogP contribution is 2.36. The topological polar surface area (TPSA) is 114 Å². The lowest BCUT2D eigenvalue weighted by Crippen LogP contribution is -2.52. The summed E-state index contributed by atoms with van der Waals surface area (Å²) in [6.07, 6.45) is 1.05. The van der Waals surface area contributed by atoms with Gasteiger partial charge < -0.3 is 24.4 Å². The Hall–Kier alpha value is -4.25. The number of sulfonamides is 1. The highest BCUT2D eigenvalue weighted by molar-refractivity contribution is 7.92. The molecule has 226 valence electrons. The summed E-state index contributed by atoms with van der Waals surface area (Å²) in [5, 5.41) is 2.88. The summed E-state index contributed by atoms with van der Waals surface area (Å²) in [4.78, 5) is 28.9. The maximum absolute atomic E-state index is 14.2. The predicted octanol–water partition coefficient (Wildman–Crippen LogP) is 4.24. The molecule has 42 heavy (non-hydrogen) atoms. The number of hydrogen-bond donors (Lipinski definition) is 1. The van der Waals surface area contributed by atoms with E-state index in [9.17, 15) is 18.0 Å². The van der Waals surface area contributed by atoms with Crippen molar-refractivity contribution in [3.05, 3.63) is 78.4 Å². The minimum absolute atomic E-state index is 0.00268. The van der Waals surface area contributed by atoms with Crippen molar-refractivity contribution in [3.63, 3.8) is 0 Å². The molecule has 2 amide bonds. The summed E-state index contributed by atoms with van der Waals surface area (Å²) in [6.45, 7) is 3.70. The van der Waals surface area contributed by atoms with Crippen LogP contribution in [0, 0.1) is 0 Å². The van der Waals surface area contributed by atoms with Gasteiger partial charge in [-0.15, -0.1) is 0 Å². The molecule has 0 aliphatic carbocycles. The Labute approximate surface area is 248 Å². The molecule has 0 aromatic heterocycles. The Balaban J connectivity index is 2.12. The normalized spacial score (nSPS) is 11.7. The van der Waals surface area contributed by atoms with Gasteiger partial charge in [0.1, 0.15) is 29.8 Å². The van der Waals surface area contributed by atoms with Crippen LogP contribution in [-0.2, 0) is 26.2 Å². The monoisotopic (exact) mass is 597 g/mol. The molecule has 10 nitrogen and oxygen atoms in total. The molecule has 0 radical (unpaired) electrons. The van der Waals surface area contributed by atoms with Crippen LogP contribution in [0.25, 0.3) is 0 Å². The van der Waals surface area contributed by atoms with E-state index in [-0.39, 0.29) is 28.8 Å². The lowest BCUT2D eigenvalue weighted by molar-refractivity contribution is -0.140. The average molecular weight is 598 g/mol. The smallest absolute Gasteiger partial charge is 0.264 e. The zero-order chi connectivity index (χ0) is 30.7. The highest BCUT2D eigenvalue weighted by Gasteiger charge is 2.35. The molecule has 0 aliphatic heterocycles. The minimum Gasteiger partial charge on any atom is -0.497 e. The van der Waals surface area contributed by atoms with Crippen molar-refractivity contribution in [2.45, 2.75) is 44.2 Å². The van der Waals surface area contributed by atoms with Gasteiger partial charge in [-0.1, -0.05) is 44.2 Å². The fourth-order valence-electron chi connectivity index (χ4n) is 4.44. The Kier molecular flexibility index (Phi) is 11.6. The van der Waals surface area contributed by atoms with Crippen molar-refractivity contribution in [1.29, 1.82) is 0 Å². The average Bonchev–Trinajstić information content (AvgIpc) is 3.02. The number of anilines is 1. The van der Waals surface area contributed by atoms with Gasteiger partial charge in [0.25, 0.3) is 10.0 Å². The van der Waals surface area contributed by atoms with E-state index < -0.39 is 28.5 Å². The van der Waals surface area contributed by atoms with Crippen LogP contribution in [0.4, 0.5) is 5.69 Å². The summed E-state index contributed by atoms with van der Waals surface area (Å²) in [5.41, 5.74) is 0.879. The third kappa shape index (κ3) is 7.73. The molecule has 1 N–H and O–H groups in total. The molecule has 0 aliphatic rings. The van der Waals surface area contributed by atoms with Crippen LogP contribution in [0.3, 0.4) is 0 Å². The zero-order valence-electron chi connectivity index (χ0n) is 24.7. The first-order valence-electron chi connectivity index (χ1n) is 13.7. The van der Waals surface area contributed by atoms with Gasteiger partial charge in [0.2, 0.25) is 11.8 Å². The number of benzene rings is 3. The van der Waals surface area contributed by atoms with Crippen LogP contribution in [0.5, 0.6) is 17.2 Å². The summed E-state index contributed by atoms with van der Waals surface area (Å²) in [7, 11) is 0.185. The van der Waals surface area contributed by atoms with Crippen LogP contribution >= 0.6 is 0 Å². The number of carbonyl (C=O) groups excluding carboxylic acids is 2. The molecule has 0 saturated carbocycles. The quantitative estimate of drug-likeness (QED) is 0.279. The van der Waals surface area contributed by atoms with Crippen LogP contribution in [0.15, 0.2) is 77.7 Å². The van der Waals surface area contributed by atoms with Crippen molar-refractivity contribution in [1.82, 2.24) is 10.2 Å². The van der Waals surface area contributed by atoms with Crippen molar-refractivity contribution < 1.29 is 32.2 Å². The number of nitrogens with one attached hydrogen (secondary N) is 1. The largest absolute Gasteiger partial charge is 0.497 e. The molecular weight excluding hydrogens is 558 g/mol. The summed E-state index contributed by atoms with van der Waals surface area (Å²) in [6, 6.07) is 18.9. The third-order valence-electron chi connectivity index (χ3n) is 6.71. The van der Waals surface area contributed by atoms with Crippen molar-refractivity contribution in [2.75, 3.05) is 38.7 Å². The molecule has 0 spiro atoms. The molecule has 3 aromatic rings. The molecule has 0 bridgehead atoms. The Morgan fingerprint density at radius 2 is 1.50 bits per heavy atom. The van der Waals surface area contributed by atoms with E-state index in [2.05, 4.69) is 5.32 Å². The second-order valence-electron chi connectivity index (χ2n) is 9.45. The van der Waals surface area contributed by atoms with Gasteiger partial charge in [-0.05, 0) is 54.8 Å². The fourth-order valence-corrected chi connectivity index (χ4v) is 5.88. The molecule has 0 unspecified atom stereocenters. The van der Waals surface area contributed by atoms with E-state index in [0.29, 0.717) is 24.5 Å². The van der Waals surface area contributed by atoms with E-state index in [1.165, 1.54) is 37.3 Å². The van der Waals surface area contributed by atoms with Gasteiger partial charge in [-0.2, -0.15) is 0 Å². The standard InChI is InChI=1S/C31H39N3O7S/c1-6-19-32-31(36)27(7-2)33(21-23-13-15-24(39-3)16-14-23)30(35)22-34(42(37,38)26-11-9-8-10-12-26)28-20-25(40-4)17-18-29(28)41-5/h8-18,20,27H,6-7,19,21-22H2,1-5H3,(H,32,36)/t27-/m0/s1. The second-order valence-corrected chi connectivity index (χ2v) is 11.3. The first-order valence-corrected chi connectivity index (χ1v) is 15.1. The number of hydrogen-bond acceptors (Lipinski definition) is 7. The number of methoxy groups -OCH3 is 3. The van der Waals surface area contributed by atoms with E-state index in [1.54, 1.807) is 61.7 Å². The summed E-state index contributed by atoms with van der Waals surface area (Å²) in [5.74, 6) is 0.394. The van der Waals surface area contributed by atoms with Gasteiger partial charge in [0.15, 0.2) is 0 Å². The van der Waals surface area contributed by atoms with Gasteiger partial charge in [0.05, 0.1) is 31.9 Å². The molecular formula is C31H39N3O7S. The number of nitrogens with zero attached hydrogens (tertiary/aromatic N) is 2. The molecule has 11 heteroatoms. The maximum Gasteiger partial charge on any atom is 0.264 e. The van der Waals surface area contributed by atoms with Crippen LogP contribution < -0.4 is 23.8 Å². The molecule has 1 atom stereocenters. The minimum atomic E-state index is -4.26. The maximum atomic E-state index is 14.2. The van der Waals surface area contributed by atoms with Gasteiger partial charge in [0, 0.05) is 19.2 Å². The number of amides is 2. The number of ether oxygens (including phenoxy) is 3. The lowest BCUT2D eigenvalue weighted by Gasteiger charge is -2.33. The third-order valence-corrected chi connectivity index (χ3v) is 8.49. The number of carbonyl (C=O) groups is 2. The van der Waals surface area contributed by atoms with Gasteiger partial charge >= 0.3 is 0 Å². The SMILES string of the molecule is CCCNC(=O)[C@H](CC)N(Cc1ccc(OC)cc1)C(=O)CN(c1cc(OC)ccc1OC)S(=O)(=O)c1ccccc1. The van der Waals surface area contributed by atoms with Gasteiger partial charge in [-0.25, -0.2) is 8.42 Å². The van der Waals surface area contributed by atoms with Crippen LogP contribution in [0.2, 0.25) is 0 Å². The first-order chi connectivity index (χ1) is 20.2. The lowest BCUT2D eigenvalue weighted by atomic mass is 10.1. The van der Waals surface area contributed by atoms with Crippen molar-refractivity contribution in [2.24, 2.45) is 0 Å². The summed E-state index contributed by atoms with van der Waals surface area (Å²) >= 11 is 0. The van der Waals surface area contributed by atoms with E-state index >= 15 is 0 Å².